The molecule has 1 fully saturated rings. The van der Waals surface area contributed by atoms with Crippen molar-refractivity contribution in [2.75, 3.05) is 31.4 Å². The standard InChI is InChI=1S/C22H24ClN3O5/c1-13(27)24-17-6-5-15(11-16(17)23)25-18-12-21(28)26(22(18)29)9-8-14-4-7-19(30-2)20(10-14)31-3/h4-7,10-11,18,25H,8-9,12H2,1-3H3,(H,24,27). The van der Waals surface area contributed by atoms with Crippen molar-refractivity contribution in [1.82, 2.24) is 4.90 Å². The molecule has 31 heavy (non-hydrogen) atoms. The van der Waals surface area contributed by atoms with E-state index in [9.17, 15) is 14.4 Å². The summed E-state index contributed by atoms with van der Waals surface area (Å²) in [6.45, 7) is 1.66. The van der Waals surface area contributed by atoms with Crippen molar-refractivity contribution in [3.8, 4) is 11.5 Å². The van der Waals surface area contributed by atoms with Gasteiger partial charge in [-0.3, -0.25) is 19.3 Å². The number of likely N-dealkylation sites (tertiary alicyclic amines) is 1. The molecule has 0 bridgehead atoms. The van der Waals surface area contributed by atoms with Crippen LogP contribution < -0.4 is 20.1 Å². The highest BCUT2D eigenvalue weighted by molar-refractivity contribution is 6.34. The van der Waals surface area contributed by atoms with E-state index >= 15 is 0 Å². The van der Waals surface area contributed by atoms with E-state index < -0.39 is 6.04 Å². The molecular formula is C22H24ClN3O5. The van der Waals surface area contributed by atoms with Crippen LogP contribution >= 0.6 is 11.6 Å². The number of carbonyl (C=O) groups excluding carboxylic acids is 3. The average Bonchev–Trinajstić information content (AvgIpc) is 3.00. The van der Waals surface area contributed by atoms with Gasteiger partial charge < -0.3 is 20.1 Å². The van der Waals surface area contributed by atoms with Gasteiger partial charge in [0.1, 0.15) is 6.04 Å². The van der Waals surface area contributed by atoms with Crippen LogP contribution in [0.1, 0.15) is 18.9 Å². The number of benzene rings is 2. The number of amides is 3. The second-order valence-corrected chi connectivity index (χ2v) is 7.51. The summed E-state index contributed by atoms with van der Waals surface area (Å²) < 4.78 is 10.5. The van der Waals surface area contributed by atoms with E-state index in [2.05, 4.69) is 10.6 Å². The van der Waals surface area contributed by atoms with Crippen molar-refractivity contribution in [3.63, 3.8) is 0 Å². The first-order valence-corrected chi connectivity index (χ1v) is 10.1. The summed E-state index contributed by atoms with van der Waals surface area (Å²) >= 11 is 6.18. The minimum atomic E-state index is -0.666. The average molecular weight is 446 g/mol. The fraction of sp³-hybridized carbons (Fsp3) is 0.318. The van der Waals surface area contributed by atoms with Gasteiger partial charge in [-0.2, -0.15) is 0 Å². The van der Waals surface area contributed by atoms with Crippen LogP contribution in [0.15, 0.2) is 36.4 Å². The lowest BCUT2D eigenvalue weighted by Crippen LogP contribution is -2.36. The van der Waals surface area contributed by atoms with E-state index in [1.54, 1.807) is 38.5 Å². The largest absolute Gasteiger partial charge is 0.493 e. The quantitative estimate of drug-likeness (QED) is 0.606. The van der Waals surface area contributed by atoms with E-state index in [-0.39, 0.29) is 30.7 Å². The van der Waals surface area contributed by atoms with Crippen LogP contribution in [0.5, 0.6) is 11.5 Å². The van der Waals surface area contributed by atoms with Gasteiger partial charge in [-0.1, -0.05) is 17.7 Å². The maximum atomic E-state index is 12.8. The molecule has 9 heteroatoms. The molecule has 2 aromatic carbocycles. The summed E-state index contributed by atoms with van der Waals surface area (Å²) in [5, 5.41) is 6.01. The highest BCUT2D eigenvalue weighted by atomic mass is 35.5. The van der Waals surface area contributed by atoms with Crippen LogP contribution in [0, 0.1) is 0 Å². The summed E-state index contributed by atoms with van der Waals surface area (Å²) in [5.41, 5.74) is 1.99. The molecule has 0 radical (unpaired) electrons. The monoisotopic (exact) mass is 445 g/mol. The number of rotatable bonds is 8. The number of carbonyl (C=O) groups is 3. The molecule has 1 heterocycles. The van der Waals surface area contributed by atoms with Crippen LogP contribution in [0.3, 0.4) is 0 Å². The van der Waals surface area contributed by atoms with Crippen molar-refractivity contribution in [2.24, 2.45) is 0 Å². The normalized spacial score (nSPS) is 15.7. The zero-order valence-corrected chi connectivity index (χ0v) is 18.3. The highest BCUT2D eigenvalue weighted by Gasteiger charge is 2.38. The third kappa shape index (κ3) is 5.27. The summed E-state index contributed by atoms with van der Waals surface area (Å²) in [7, 11) is 3.12. The van der Waals surface area contributed by atoms with E-state index in [0.29, 0.717) is 34.3 Å². The summed E-state index contributed by atoms with van der Waals surface area (Å²) in [4.78, 5) is 37.6. The molecule has 3 rings (SSSR count). The predicted molar refractivity (Wildman–Crippen MR) is 118 cm³/mol. The van der Waals surface area contributed by atoms with Crippen molar-refractivity contribution in [2.45, 2.75) is 25.8 Å². The Labute approximate surface area is 185 Å². The summed E-state index contributed by atoms with van der Waals surface area (Å²) in [6, 6.07) is 9.78. The molecular weight excluding hydrogens is 422 g/mol. The van der Waals surface area contributed by atoms with E-state index in [1.807, 2.05) is 12.1 Å². The smallest absolute Gasteiger partial charge is 0.252 e. The maximum absolute atomic E-state index is 12.8. The van der Waals surface area contributed by atoms with Gasteiger partial charge in [-0.25, -0.2) is 0 Å². The summed E-state index contributed by atoms with van der Waals surface area (Å²) in [5.74, 6) is 0.464. The van der Waals surface area contributed by atoms with E-state index in [1.165, 1.54) is 11.8 Å². The number of methoxy groups -OCH3 is 2. The van der Waals surface area contributed by atoms with Gasteiger partial charge in [0.2, 0.25) is 11.8 Å². The van der Waals surface area contributed by atoms with Crippen LogP contribution in [-0.2, 0) is 20.8 Å². The molecule has 0 aliphatic carbocycles. The molecule has 1 atom stereocenters. The van der Waals surface area contributed by atoms with Gasteiger partial charge in [0, 0.05) is 19.2 Å². The fourth-order valence-electron chi connectivity index (χ4n) is 3.40. The number of ether oxygens (including phenoxy) is 2. The Balaban J connectivity index is 1.63. The number of hydrogen-bond donors (Lipinski definition) is 2. The number of anilines is 2. The molecule has 0 saturated carbocycles. The maximum Gasteiger partial charge on any atom is 0.252 e. The molecule has 3 amide bonds. The number of nitrogens with zero attached hydrogens (tertiary/aromatic N) is 1. The van der Waals surface area contributed by atoms with Crippen LogP contribution in [-0.4, -0.2) is 49.4 Å². The van der Waals surface area contributed by atoms with Crippen molar-refractivity contribution in [1.29, 1.82) is 0 Å². The number of halogens is 1. The van der Waals surface area contributed by atoms with Gasteiger partial charge in [-0.05, 0) is 42.3 Å². The Bertz CT molecular complexity index is 1010. The number of hydrogen-bond acceptors (Lipinski definition) is 6. The molecule has 2 aromatic rings. The van der Waals surface area contributed by atoms with Crippen molar-refractivity contribution >= 4 is 40.7 Å². The first-order valence-electron chi connectivity index (χ1n) is 9.71. The van der Waals surface area contributed by atoms with Gasteiger partial charge in [-0.15, -0.1) is 0 Å². The molecule has 8 nitrogen and oxygen atoms in total. The zero-order valence-electron chi connectivity index (χ0n) is 17.5. The van der Waals surface area contributed by atoms with Crippen LogP contribution in [0.2, 0.25) is 5.02 Å². The SMILES string of the molecule is COc1ccc(CCN2C(=O)CC(Nc3ccc(NC(C)=O)c(Cl)c3)C2=O)cc1OC. The lowest BCUT2D eigenvalue weighted by Gasteiger charge is -2.17. The third-order valence-electron chi connectivity index (χ3n) is 4.94. The van der Waals surface area contributed by atoms with Crippen LogP contribution in [0.4, 0.5) is 11.4 Å². The highest BCUT2D eigenvalue weighted by Crippen LogP contribution is 2.29. The molecule has 0 aromatic heterocycles. The molecule has 1 aliphatic rings. The predicted octanol–water partition coefficient (Wildman–Crippen LogP) is 3.10. The van der Waals surface area contributed by atoms with Crippen molar-refractivity contribution < 1.29 is 23.9 Å². The molecule has 2 N–H and O–H groups in total. The van der Waals surface area contributed by atoms with Gasteiger partial charge in [0.05, 0.1) is 31.4 Å². The van der Waals surface area contributed by atoms with Gasteiger partial charge in [0.25, 0.3) is 5.91 Å². The molecule has 164 valence electrons. The first kappa shape index (κ1) is 22.4. The fourth-order valence-corrected chi connectivity index (χ4v) is 3.63. The minimum absolute atomic E-state index is 0.0653. The second kappa shape index (κ2) is 9.70. The Morgan fingerprint density at radius 1 is 1.13 bits per heavy atom. The van der Waals surface area contributed by atoms with Gasteiger partial charge >= 0.3 is 0 Å². The topological polar surface area (TPSA) is 97.0 Å². The Morgan fingerprint density at radius 2 is 1.87 bits per heavy atom. The number of imide groups is 1. The lowest BCUT2D eigenvalue weighted by atomic mass is 10.1. The van der Waals surface area contributed by atoms with E-state index in [0.717, 1.165) is 5.56 Å². The lowest BCUT2D eigenvalue weighted by molar-refractivity contribution is -0.138. The summed E-state index contributed by atoms with van der Waals surface area (Å²) in [6.07, 6.45) is 0.567. The third-order valence-corrected chi connectivity index (χ3v) is 5.25. The molecule has 1 saturated heterocycles. The second-order valence-electron chi connectivity index (χ2n) is 7.10. The minimum Gasteiger partial charge on any atom is -0.493 e. The number of nitrogens with one attached hydrogen (secondary N) is 2. The Hall–Kier alpha value is -3.26. The molecule has 1 aliphatic heterocycles. The van der Waals surface area contributed by atoms with E-state index in [4.69, 9.17) is 21.1 Å². The Kier molecular flexibility index (Phi) is 7.02. The Morgan fingerprint density at radius 3 is 2.52 bits per heavy atom. The van der Waals surface area contributed by atoms with Crippen LogP contribution in [0.25, 0.3) is 0 Å². The molecule has 0 spiro atoms. The zero-order chi connectivity index (χ0) is 22.5. The first-order chi connectivity index (χ1) is 14.8. The molecule has 1 unspecified atom stereocenters. The van der Waals surface area contributed by atoms with Crippen molar-refractivity contribution in [3.05, 3.63) is 47.0 Å². The van der Waals surface area contributed by atoms with Gasteiger partial charge in [0.15, 0.2) is 11.5 Å².